The molecule has 0 aliphatic carbocycles. The van der Waals surface area contributed by atoms with E-state index in [0.29, 0.717) is 17.2 Å². The SMILES string of the molecule is COc1cc(C)c(N[C@@H](C)C(=O)Nc2cc(C(F)(F)F)ccc2Cl)cc1OC. The van der Waals surface area contributed by atoms with Gasteiger partial charge in [0.15, 0.2) is 11.5 Å². The number of anilines is 2. The van der Waals surface area contributed by atoms with Crippen LogP contribution in [0.2, 0.25) is 5.02 Å². The quantitative estimate of drug-likeness (QED) is 0.686. The Morgan fingerprint density at radius 2 is 1.68 bits per heavy atom. The van der Waals surface area contributed by atoms with Gasteiger partial charge in [-0.2, -0.15) is 13.2 Å². The van der Waals surface area contributed by atoms with E-state index in [1.54, 1.807) is 19.1 Å². The standard InChI is InChI=1S/C19H20ClF3N2O3/c1-10-7-16(27-3)17(28-4)9-14(10)24-11(2)18(26)25-15-8-12(19(21,22)23)5-6-13(15)20/h5-9,11,24H,1-4H3,(H,25,26)/t11-/m0/s1. The minimum atomic E-state index is -4.54. The molecule has 5 nitrogen and oxygen atoms in total. The van der Waals surface area contributed by atoms with Crippen LogP contribution in [0.15, 0.2) is 30.3 Å². The van der Waals surface area contributed by atoms with Crippen molar-refractivity contribution >= 4 is 28.9 Å². The predicted octanol–water partition coefficient (Wildman–Crippen LogP) is 5.12. The van der Waals surface area contributed by atoms with E-state index in [4.69, 9.17) is 21.1 Å². The lowest BCUT2D eigenvalue weighted by atomic mass is 10.1. The van der Waals surface area contributed by atoms with E-state index in [-0.39, 0.29) is 10.7 Å². The topological polar surface area (TPSA) is 59.6 Å². The molecular formula is C19H20ClF3N2O3. The van der Waals surface area contributed by atoms with Crippen molar-refractivity contribution in [2.75, 3.05) is 24.9 Å². The van der Waals surface area contributed by atoms with Gasteiger partial charge < -0.3 is 20.1 Å². The fourth-order valence-corrected chi connectivity index (χ4v) is 2.64. The zero-order valence-electron chi connectivity index (χ0n) is 15.7. The maximum absolute atomic E-state index is 12.9. The maximum atomic E-state index is 12.9. The van der Waals surface area contributed by atoms with E-state index >= 15 is 0 Å². The number of hydrogen-bond donors (Lipinski definition) is 2. The van der Waals surface area contributed by atoms with Gasteiger partial charge in [-0.05, 0) is 43.7 Å². The summed E-state index contributed by atoms with van der Waals surface area (Å²) in [5.74, 6) is 0.470. The van der Waals surface area contributed by atoms with Gasteiger partial charge in [0.25, 0.3) is 0 Å². The number of methoxy groups -OCH3 is 2. The number of rotatable bonds is 6. The third-order valence-electron chi connectivity index (χ3n) is 4.05. The number of halogens is 4. The first kappa shape index (κ1) is 21.7. The molecule has 0 aliphatic rings. The van der Waals surface area contributed by atoms with Gasteiger partial charge in [-0.25, -0.2) is 0 Å². The van der Waals surface area contributed by atoms with Crippen LogP contribution < -0.4 is 20.1 Å². The molecule has 0 saturated heterocycles. The van der Waals surface area contributed by atoms with Crippen LogP contribution in [0.1, 0.15) is 18.1 Å². The van der Waals surface area contributed by atoms with Gasteiger partial charge in [0.05, 0.1) is 30.5 Å². The Morgan fingerprint density at radius 3 is 2.25 bits per heavy atom. The summed E-state index contributed by atoms with van der Waals surface area (Å²) >= 11 is 5.92. The van der Waals surface area contributed by atoms with Gasteiger partial charge in [-0.1, -0.05) is 11.6 Å². The molecule has 2 N–H and O–H groups in total. The highest BCUT2D eigenvalue weighted by Gasteiger charge is 2.31. The van der Waals surface area contributed by atoms with E-state index in [0.717, 1.165) is 23.8 Å². The van der Waals surface area contributed by atoms with E-state index in [9.17, 15) is 18.0 Å². The normalized spacial score (nSPS) is 12.3. The van der Waals surface area contributed by atoms with Crippen molar-refractivity contribution in [1.82, 2.24) is 0 Å². The average Bonchev–Trinajstić information content (AvgIpc) is 2.63. The van der Waals surface area contributed by atoms with Crippen LogP contribution in [0.25, 0.3) is 0 Å². The monoisotopic (exact) mass is 416 g/mol. The lowest BCUT2D eigenvalue weighted by Crippen LogP contribution is -2.32. The van der Waals surface area contributed by atoms with Crippen molar-refractivity contribution in [3.05, 3.63) is 46.5 Å². The van der Waals surface area contributed by atoms with Gasteiger partial charge >= 0.3 is 6.18 Å². The summed E-state index contributed by atoms with van der Waals surface area (Å²) in [6.45, 7) is 3.39. The fourth-order valence-electron chi connectivity index (χ4n) is 2.47. The summed E-state index contributed by atoms with van der Waals surface area (Å²) in [5.41, 5.74) is 0.410. The number of carbonyl (C=O) groups is 1. The van der Waals surface area contributed by atoms with Crippen molar-refractivity contribution in [2.24, 2.45) is 0 Å². The molecule has 2 aromatic carbocycles. The molecule has 0 unspecified atom stereocenters. The minimum absolute atomic E-state index is 0.0100. The molecular weight excluding hydrogens is 397 g/mol. The van der Waals surface area contributed by atoms with Crippen LogP contribution in [-0.2, 0) is 11.0 Å². The Kier molecular flexibility index (Phi) is 6.66. The molecule has 0 aromatic heterocycles. The molecule has 0 spiro atoms. The summed E-state index contributed by atoms with van der Waals surface area (Å²) in [7, 11) is 3.00. The minimum Gasteiger partial charge on any atom is -0.493 e. The van der Waals surface area contributed by atoms with E-state index in [2.05, 4.69) is 10.6 Å². The molecule has 2 rings (SSSR count). The molecule has 0 radical (unpaired) electrons. The predicted molar refractivity (Wildman–Crippen MR) is 102 cm³/mol. The molecule has 9 heteroatoms. The first-order valence-electron chi connectivity index (χ1n) is 8.23. The largest absolute Gasteiger partial charge is 0.493 e. The summed E-state index contributed by atoms with van der Waals surface area (Å²) in [6, 6.07) is 5.41. The molecule has 28 heavy (non-hydrogen) atoms. The summed E-state index contributed by atoms with van der Waals surface area (Å²) in [5, 5.41) is 5.44. The molecule has 2 aromatic rings. The fraction of sp³-hybridized carbons (Fsp3) is 0.316. The number of hydrogen-bond acceptors (Lipinski definition) is 4. The molecule has 1 atom stereocenters. The van der Waals surface area contributed by atoms with Crippen molar-refractivity contribution in [3.8, 4) is 11.5 Å². The summed E-state index contributed by atoms with van der Waals surface area (Å²) < 4.78 is 49.1. The number of benzene rings is 2. The highest BCUT2D eigenvalue weighted by molar-refractivity contribution is 6.33. The average molecular weight is 417 g/mol. The number of ether oxygens (including phenoxy) is 2. The lowest BCUT2D eigenvalue weighted by molar-refractivity contribution is -0.137. The van der Waals surface area contributed by atoms with Crippen LogP contribution in [0.5, 0.6) is 11.5 Å². The van der Waals surface area contributed by atoms with E-state index < -0.39 is 23.7 Å². The zero-order valence-corrected chi connectivity index (χ0v) is 16.5. The number of carbonyl (C=O) groups excluding carboxylic acids is 1. The second-order valence-corrected chi connectivity index (χ2v) is 6.48. The second-order valence-electron chi connectivity index (χ2n) is 6.07. The van der Waals surface area contributed by atoms with Gasteiger partial charge in [0.1, 0.15) is 6.04 Å². The van der Waals surface area contributed by atoms with Crippen LogP contribution in [0.4, 0.5) is 24.5 Å². The third kappa shape index (κ3) is 5.01. The van der Waals surface area contributed by atoms with E-state index in [1.807, 2.05) is 6.92 Å². The Morgan fingerprint density at radius 1 is 1.07 bits per heavy atom. The van der Waals surface area contributed by atoms with E-state index in [1.165, 1.54) is 14.2 Å². The van der Waals surface area contributed by atoms with Crippen LogP contribution >= 0.6 is 11.6 Å². The van der Waals surface area contributed by atoms with Gasteiger partial charge in [0.2, 0.25) is 5.91 Å². The Balaban J connectivity index is 2.18. The first-order chi connectivity index (χ1) is 13.1. The Bertz CT molecular complexity index is 872. The second kappa shape index (κ2) is 8.60. The zero-order chi connectivity index (χ0) is 21.1. The Hall–Kier alpha value is -2.61. The Labute approximate surface area is 165 Å². The smallest absolute Gasteiger partial charge is 0.416 e. The van der Waals surface area contributed by atoms with Crippen molar-refractivity contribution < 1.29 is 27.4 Å². The van der Waals surface area contributed by atoms with Crippen LogP contribution in [0, 0.1) is 6.92 Å². The third-order valence-corrected chi connectivity index (χ3v) is 4.38. The summed E-state index contributed by atoms with van der Waals surface area (Å²) in [6.07, 6.45) is -4.54. The maximum Gasteiger partial charge on any atom is 0.416 e. The summed E-state index contributed by atoms with van der Waals surface area (Å²) in [4.78, 5) is 12.4. The lowest BCUT2D eigenvalue weighted by Gasteiger charge is -2.19. The molecule has 0 saturated carbocycles. The number of alkyl halides is 3. The van der Waals surface area contributed by atoms with Gasteiger partial charge in [-0.3, -0.25) is 4.79 Å². The molecule has 152 valence electrons. The van der Waals surface area contributed by atoms with Crippen molar-refractivity contribution in [1.29, 1.82) is 0 Å². The van der Waals surface area contributed by atoms with Crippen molar-refractivity contribution in [2.45, 2.75) is 26.1 Å². The van der Waals surface area contributed by atoms with Gasteiger partial charge in [0, 0.05) is 11.8 Å². The molecule has 0 bridgehead atoms. The molecule has 1 amide bonds. The number of aryl methyl sites for hydroxylation is 1. The van der Waals surface area contributed by atoms with Crippen LogP contribution in [0.3, 0.4) is 0 Å². The highest BCUT2D eigenvalue weighted by atomic mass is 35.5. The van der Waals surface area contributed by atoms with Crippen LogP contribution in [-0.4, -0.2) is 26.2 Å². The number of amides is 1. The molecule has 0 aliphatic heterocycles. The first-order valence-corrected chi connectivity index (χ1v) is 8.61. The van der Waals surface area contributed by atoms with Crippen molar-refractivity contribution in [3.63, 3.8) is 0 Å². The highest BCUT2D eigenvalue weighted by Crippen LogP contribution is 2.35. The molecule has 0 fully saturated rings. The van der Waals surface area contributed by atoms with Gasteiger partial charge in [-0.15, -0.1) is 0 Å². The number of nitrogens with one attached hydrogen (secondary N) is 2. The molecule has 0 heterocycles.